The van der Waals surface area contributed by atoms with E-state index in [0.29, 0.717) is 5.92 Å². The molecule has 0 aliphatic heterocycles. The summed E-state index contributed by atoms with van der Waals surface area (Å²) in [5, 5.41) is 8.32. The fourth-order valence-electron chi connectivity index (χ4n) is 3.89. The average molecular weight is 437 g/mol. The minimum absolute atomic E-state index is 0.00791. The topological polar surface area (TPSA) is 59.8 Å². The number of nitrogens with one attached hydrogen (secondary N) is 1. The standard InChI is InChI=1S/C21H20ClF3N4O/c22-18-8-5-15(21(23,24)25)10-17(18)20(30)27-16-6-3-13(4-7-16)11-29-12-14-2-1-9-26-19(14)28-29/h1-2,5,8-10,12-13,16H,3-4,6-7,11H2,(H,27,30)/t13-,16-. The lowest BCUT2D eigenvalue weighted by molar-refractivity contribution is -0.137. The lowest BCUT2D eigenvalue weighted by Gasteiger charge is -2.29. The van der Waals surface area contributed by atoms with Crippen molar-refractivity contribution in [2.45, 2.75) is 44.4 Å². The maximum Gasteiger partial charge on any atom is 0.416 e. The zero-order valence-electron chi connectivity index (χ0n) is 16.0. The molecule has 1 fully saturated rings. The summed E-state index contributed by atoms with van der Waals surface area (Å²) in [6.45, 7) is 0.774. The van der Waals surface area contributed by atoms with Crippen molar-refractivity contribution in [3.8, 4) is 0 Å². The molecule has 158 valence electrons. The monoisotopic (exact) mass is 436 g/mol. The SMILES string of the molecule is O=C(N[C@H]1CC[C@H](Cn2cc3cccnc3n2)CC1)c1cc(C(F)(F)F)ccc1Cl. The van der Waals surface area contributed by atoms with Gasteiger partial charge in [-0.25, -0.2) is 4.98 Å². The summed E-state index contributed by atoms with van der Waals surface area (Å²) in [6, 6.07) is 6.55. The molecule has 0 unspecified atom stereocenters. The number of carbonyl (C=O) groups is 1. The van der Waals surface area contributed by atoms with Crippen molar-refractivity contribution in [2.24, 2.45) is 5.92 Å². The second kappa shape index (κ2) is 8.26. The molecule has 1 aliphatic carbocycles. The Bertz CT molecular complexity index is 1020. The minimum Gasteiger partial charge on any atom is -0.349 e. The molecule has 1 N–H and O–H groups in total. The average Bonchev–Trinajstić information content (AvgIpc) is 3.11. The third-order valence-electron chi connectivity index (χ3n) is 5.49. The van der Waals surface area contributed by atoms with Gasteiger partial charge in [-0.15, -0.1) is 0 Å². The van der Waals surface area contributed by atoms with Gasteiger partial charge in [-0.2, -0.15) is 18.3 Å². The number of rotatable bonds is 4. The van der Waals surface area contributed by atoms with Crippen LogP contribution in [0.15, 0.2) is 42.7 Å². The largest absolute Gasteiger partial charge is 0.416 e. The van der Waals surface area contributed by atoms with E-state index in [1.807, 2.05) is 23.0 Å². The number of carbonyl (C=O) groups excluding carboxylic acids is 1. The van der Waals surface area contributed by atoms with Crippen LogP contribution in [-0.2, 0) is 12.7 Å². The van der Waals surface area contributed by atoms with Gasteiger partial charge in [-0.1, -0.05) is 11.6 Å². The minimum atomic E-state index is -4.52. The van der Waals surface area contributed by atoms with Gasteiger partial charge in [0.2, 0.25) is 0 Å². The number of benzene rings is 1. The lowest BCUT2D eigenvalue weighted by atomic mass is 9.86. The Kier molecular flexibility index (Phi) is 5.69. The number of hydrogen-bond acceptors (Lipinski definition) is 3. The van der Waals surface area contributed by atoms with Gasteiger partial charge < -0.3 is 5.32 Å². The molecule has 0 atom stereocenters. The molecule has 5 nitrogen and oxygen atoms in total. The number of nitrogens with zero attached hydrogens (tertiary/aromatic N) is 3. The summed E-state index contributed by atoms with van der Waals surface area (Å²) in [5.74, 6) is -0.149. The molecular weight excluding hydrogens is 417 g/mol. The molecular formula is C21H20ClF3N4O. The van der Waals surface area contributed by atoms with Crippen LogP contribution in [0.5, 0.6) is 0 Å². The Morgan fingerprint density at radius 1 is 1.20 bits per heavy atom. The molecule has 0 bridgehead atoms. The zero-order valence-corrected chi connectivity index (χ0v) is 16.7. The fourth-order valence-corrected chi connectivity index (χ4v) is 4.09. The number of amides is 1. The summed E-state index contributed by atoms with van der Waals surface area (Å²) in [4.78, 5) is 16.7. The predicted molar refractivity (Wildman–Crippen MR) is 107 cm³/mol. The second-order valence-electron chi connectivity index (χ2n) is 7.65. The molecule has 1 aliphatic rings. The maximum atomic E-state index is 12.9. The summed E-state index contributed by atoms with van der Waals surface area (Å²) in [5.41, 5.74) is -0.317. The number of aromatic nitrogens is 3. The van der Waals surface area contributed by atoms with Crippen LogP contribution in [0.3, 0.4) is 0 Å². The number of alkyl halides is 3. The highest BCUT2D eigenvalue weighted by atomic mass is 35.5. The molecule has 9 heteroatoms. The van der Waals surface area contributed by atoms with Gasteiger partial charge in [0.15, 0.2) is 5.65 Å². The van der Waals surface area contributed by atoms with Gasteiger partial charge in [0.1, 0.15) is 0 Å². The van der Waals surface area contributed by atoms with Crippen LogP contribution >= 0.6 is 11.6 Å². The highest BCUT2D eigenvalue weighted by Gasteiger charge is 2.32. The molecule has 0 saturated heterocycles. The van der Waals surface area contributed by atoms with Crippen LogP contribution in [0.1, 0.15) is 41.6 Å². The first-order chi connectivity index (χ1) is 14.3. The number of fused-ring (bicyclic) bond motifs is 1. The Hall–Kier alpha value is -2.61. The predicted octanol–water partition coefficient (Wildman–Crippen LogP) is 5.09. The van der Waals surface area contributed by atoms with E-state index in [2.05, 4.69) is 15.4 Å². The molecule has 4 rings (SSSR count). The van der Waals surface area contributed by atoms with Gasteiger partial charge in [0, 0.05) is 30.4 Å². The normalized spacial score (nSPS) is 19.7. The molecule has 30 heavy (non-hydrogen) atoms. The van der Waals surface area contributed by atoms with Crippen molar-refractivity contribution >= 4 is 28.5 Å². The number of hydrogen-bond donors (Lipinski definition) is 1. The third-order valence-corrected chi connectivity index (χ3v) is 5.82. The summed E-state index contributed by atoms with van der Waals surface area (Å²) in [7, 11) is 0. The first kappa shape index (κ1) is 20.7. The third kappa shape index (κ3) is 4.59. The summed E-state index contributed by atoms with van der Waals surface area (Å²) in [6.07, 6.45) is 2.47. The molecule has 1 saturated carbocycles. The molecule has 0 radical (unpaired) electrons. The molecule has 2 aromatic heterocycles. The van der Waals surface area contributed by atoms with E-state index in [-0.39, 0.29) is 16.6 Å². The molecule has 1 amide bonds. The lowest BCUT2D eigenvalue weighted by Crippen LogP contribution is -2.38. The second-order valence-corrected chi connectivity index (χ2v) is 8.06. The first-order valence-corrected chi connectivity index (χ1v) is 10.1. The highest BCUT2D eigenvalue weighted by molar-refractivity contribution is 6.33. The van der Waals surface area contributed by atoms with E-state index >= 15 is 0 Å². The highest BCUT2D eigenvalue weighted by Crippen LogP contribution is 2.32. The van der Waals surface area contributed by atoms with E-state index in [9.17, 15) is 18.0 Å². The van der Waals surface area contributed by atoms with Crippen molar-refractivity contribution < 1.29 is 18.0 Å². The Balaban J connectivity index is 1.34. The Labute approximate surface area is 176 Å². The van der Waals surface area contributed by atoms with Gasteiger partial charge in [-0.05, 0) is 61.9 Å². The fraction of sp³-hybridized carbons (Fsp3) is 0.381. The summed E-state index contributed by atoms with van der Waals surface area (Å²) < 4.78 is 40.7. The zero-order chi connectivity index (χ0) is 21.3. The van der Waals surface area contributed by atoms with Crippen molar-refractivity contribution in [3.05, 3.63) is 58.9 Å². The summed E-state index contributed by atoms with van der Waals surface area (Å²) >= 11 is 5.96. The van der Waals surface area contributed by atoms with Crippen molar-refractivity contribution in [3.63, 3.8) is 0 Å². The van der Waals surface area contributed by atoms with E-state index in [1.54, 1.807) is 6.20 Å². The quantitative estimate of drug-likeness (QED) is 0.619. The van der Waals surface area contributed by atoms with E-state index in [4.69, 9.17) is 11.6 Å². The van der Waals surface area contributed by atoms with Crippen LogP contribution in [0.4, 0.5) is 13.2 Å². The molecule has 0 spiro atoms. The van der Waals surface area contributed by atoms with E-state index in [0.717, 1.165) is 61.5 Å². The Morgan fingerprint density at radius 2 is 1.97 bits per heavy atom. The van der Waals surface area contributed by atoms with Gasteiger partial charge in [-0.3, -0.25) is 9.48 Å². The molecule has 3 aromatic rings. The van der Waals surface area contributed by atoms with Crippen LogP contribution in [0.25, 0.3) is 11.0 Å². The Morgan fingerprint density at radius 3 is 2.67 bits per heavy atom. The number of halogens is 4. The maximum absolute atomic E-state index is 12.9. The van der Waals surface area contributed by atoms with E-state index in [1.165, 1.54) is 0 Å². The van der Waals surface area contributed by atoms with Gasteiger partial charge >= 0.3 is 6.18 Å². The van der Waals surface area contributed by atoms with Crippen molar-refractivity contribution in [1.29, 1.82) is 0 Å². The van der Waals surface area contributed by atoms with Gasteiger partial charge in [0.25, 0.3) is 5.91 Å². The van der Waals surface area contributed by atoms with Crippen molar-refractivity contribution in [2.75, 3.05) is 0 Å². The van der Waals surface area contributed by atoms with E-state index < -0.39 is 17.6 Å². The van der Waals surface area contributed by atoms with Crippen LogP contribution in [0.2, 0.25) is 5.02 Å². The van der Waals surface area contributed by atoms with Gasteiger partial charge in [0.05, 0.1) is 16.1 Å². The van der Waals surface area contributed by atoms with Crippen LogP contribution in [0, 0.1) is 5.92 Å². The van der Waals surface area contributed by atoms with Crippen molar-refractivity contribution in [1.82, 2.24) is 20.1 Å². The van der Waals surface area contributed by atoms with Crippen LogP contribution < -0.4 is 5.32 Å². The number of pyridine rings is 1. The van der Waals surface area contributed by atoms with Crippen LogP contribution in [-0.4, -0.2) is 26.7 Å². The molecule has 1 aromatic carbocycles. The smallest absolute Gasteiger partial charge is 0.349 e. The molecule has 2 heterocycles. The first-order valence-electron chi connectivity index (χ1n) is 9.75.